The fourth-order valence-electron chi connectivity index (χ4n) is 2.92. The smallest absolute Gasteiger partial charge is 0.229 e. The van der Waals surface area contributed by atoms with Crippen molar-refractivity contribution >= 4 is 11.6 Å². The summed E-state index contributed by atoms with van der Waals surface area (Å²) in [5.74, 6) is 0.521. The summed E-state index contributed by atoms with van der Waals surface area (Å²) in [6.07, 6.45) is 6.07. The van der Waals surface area contributed by atoms with E-state index in [1.165, 1.54) is 0 Å². The van der Waals surface area contributed by atoms with E-state index in [-0.39, 0.29) is 17.9 Å². The van der Waals surface area contributed by atoms with Gasteiger partial charge in [0.05, 0.1) is 30.5 Å². The molecule has 3 atom stereocenters. The van der Waals surface area contributed by atoms with Crippen LogP contribution in [-0.2, 0) is 16.1 Å². The number of amides is 1. The number of carbonyl (C=O) groups is 1. The van der Waals surface area contributed by atoms with Gasteiger partial charge in [0.15, 0.2) is 0 Å². The van der Waals surface area contributed by atoms with Crippen molar-refractivity contribution in [2.75, 3.05) is 25.0 Å². The average molecular weight is 278 g/mol. The van der Waals surface area contributed by atoms with Gasteiger partial charge in [0, 0.05) is 19.3 Å². The Morgan fingerprint density at radius 3 is 3.20 bits per heavy atom. The second-order valence-corrected chi connectivity index (χ2v) is 5.82. The maximum atomic E-state index is 12.2. The second-order valence-electron chi connectivity index (χ2n) is 5.82. The van der Waals surface area contributed by atoms with Gasteiger partial charge in [-0.25, -0.2) is 0 Å². The zero-order chi connectivity index (χ0) is 13.9. The van der Waals surface area contributed by atoms with Crippen LogP contribution in [0.3, 0.4) is 0 Å². The number of nitrogens with one attached hydrogen (secondary N) is 2. The van der Waals surface area contributed by atoms with Gasteiger partial charge in [-0.1, -0.05) is 6.92 Å². The summed E-state index contributed by atoms with van der Waals surface area (Å²) >= 11 is 0. The molecule has 0 aliphatic carbocycles. The van der Waals surface area contributed by atoms with Crippen LogP contribution in [0.4, 0.5) is 5.69 Å². The van der Waals surface area contributed by atoms with Crippen LogP contribution in [0, 0.1) is 11.8 Å². The van der Waals surface area contributed by atoms with E-state index in [4.69, 9.17) is 4.74 Å². The molecule has 0 spiro atoms. The number of rotatable bonds is 4. The molecule has 2 saturated heterocycles. The van der Waals surface area contributed by atoms with Crippen molar-refractivity contribution in [3.8, 4) is 0 Å². The quantitative estimate of drug-likeness (QED) is 0.857. The fourth-order valence-corrected chi connectivity index (χ4v) is 2.92. The lowest BCUT2D eigenvalue weighted by Gasteiger charge is -2.13. The number of anilines is 1. The molecule has 2 fully saturated rings. The van der Waals surface area contributed by atoms with Gasteiger partial charge in [0.25, 0.3) is 0 Å². The zero-order valence-electron chi connectivity index (χ0n) is 11.8. The van der Waals surface area contributed by atoms with Gasteiger partial charge >= 0.3 is 0 Å². The minimum Gasteiger partial charge on any atom is -0.376 e. The first-order valence-electron chi connectivity index (χ1n) is 7.38. The molecule has 3 heterocycles. The molecule has 2 aliphatic rings. The van der Waals surface area contributed by atoms with Crippen LogP contribution >= 0.6 is 0 Å². The van der Waals surface area contributed by atoms with Crippen LogP contribution in [0.15, 0.2) is 12.4 Å². The van der Waals surface area contributed by atoms with E-state index in [0.29, 0.717) is 5.92 Å². The third-order valence-electron chi connectivity index (χ3n) is 4.17. The number of nitrogens with zero attached hydrogens (tertiary/aromatic N) is 2. The van der Waals surface area contributed by atoms with Gasteiger partial charge in [0.1, 0.15) is 0 Å². The van der Waals surface area contributed by atoms with Gasteiger partial charge in [-0.2, -0.15) is 5.10 Å². The number of aromatic nitrogens is 2. The average Bonchev–Trinajstić information content (AvgIpc) is 3.12. The summed E-state index contributed by atoms with van der Waals surface area (Å²) in [5, 5.41) is 10.5. The maximum Gasteiger partial charge on any atom is 0.229 e. The summed E-state index contributed by atoms with van der Waals surface area (Å²) in [6, 6.07) is 0. The molecule has 0 aromatic carbocycles. The van der Waals surface area contributed by atoms with Crippen LogP contribution in [-0.4, -0.2) is 41.5 Å². The van der Waals surface area contributed by atoms with Gasteiger partial charge in [0.2, 0.25) is 5.91 Å². The number of hydrogen-bond donors (Lipinski definition) is 2. The summed E-state index contributed by atoms with van der Waals surface area (Å²) < 4.78 is 7.44. The van der Waals surface area contributed by atoms with Crippen molar-refractivity contribution in [2.45, 2.75) is 32.4 Å². The SMILES string of the molecule is CC1CNCC1C(=O)Nc1cnn(CC2CCCO2)c1. The maximum absolute atomic E-state index is 12.2. The predicted molar refractivity (Wildman–Crippen MR) is 75.4 cm³/mol. The van der Waals surface area contributed by atoms with Crippen molar-refractivity contribution in [1.82, 2.24) is 15.1 Å². The second kappa shape index (κ2) is 5.93. The Hall–Kier alpha value is -1.40. The van der Waals surface area contributed by atoms with Crippen molar-refractivity contribution < 1.29 is 9.53 Å². The Balaban J connectivity index is 1.55. The summed E-state index contributed by atoms with van der Waals surface area (Å²) in [4.78, 5) is 12.2. The zero-order valence-corrected chi connectivity index (χ0v) is 11.8. The van der Waals surface area contributed by atoms with Gasteiger partial charge in [-0.3, -0.25) is 9.48 Å². The standard InChI is InChI=1S/C14H22N4O2/c1-10-5-15-7-13(10)14(19)17-11-6-16-18(8-11)9-12-3-2-4-20-12/h6,8,10,12-13,15H,2-5,7,9H2,1H3,(H,17,19). The largest absolute Gasteiger partial charge is 0.376 e. The summed E-state index contributed by atoms with van der Waals surface area (Å²) in [6.45, 7) is 5.39. The lowest BCUT2D eigenvalue weighted by atomic mass is 9.97. The summed E-state index contributed by atoms with van der Waals surface area (Å²) in [5.41, 5.74) is 0.770. The van der Waals surface area contributed by atoms with E-state index in [9.17, 15) is 4.79 Å². The first kappa shape index (κ1) is 13.6. The minimum atomic E-state index is 0.0523. The molecule has 2 aliphatic heterocycles. The Morgan fingerprint density at radius 2 is 2.50 bits per heavy atom. The molecule has 1 aromatic heterocycles. The van der Waals surface area contributed by atoms with Crippen molar-refractivity contribution in [1.29, 1.82) is 0 Å². The predicted octanol–water partition coefficient (Wildman–Crippen LogP) is 0.856. The highest BCUT2D eigenvalue weighted by atomic mass is 16.5. The number of hydrogen-bond acceptors (Lipinski definition) is 4. The molecule has 0 bridgehead atoms. The van der Waals surface area contributed by atoms with Crippen LogP contribution in [0.2, 0.25) is 0 Å². The van der Waals surface area contributed by atoms with Gasteiger partial charge in [-0.15, -0.1) is 0 Å². The molecular formula is C14H22N4O2. The molecule has 2 N–H and O–H groups in total. The molecule has 6 nitrogen and oxygen atoms in total. The Bertz CT molecular complexity index is 467. The molecule has 3 rings (SSSR count). The molecular weight excluding hydrogens is 256 g/mol. The lowest BCUT2D eigenvalue weighted by molar-refractivity contribution is -0.120. The van der Waals surface area contributed by atoms with Crippen LogP contribution < -0.4 is 10.6 Å². The first-order chi connectivity index (χ1) is 9.72. The highest BCUT2D eigenvalue weighted by Gasteiger charge is 2.29. The summed E-state index contributed by atoms with van der Waals surface area (Å²) in [7, 11) is 0. The van der Waals surface area contributed by atoms with E-state index in [0.717, 1.165) is 44.8 Å². The Labute approximate surface area is 118 Å². The fraction of sp³-hybridized carbons (Fsp3) is 0.714. The molecule has 3 unspecified atom stereocenters. The van der Waals surface area contributed by atoms with Crippen LogP contribution in [0.1, 0.15) is 19.8 Å². The van der Waals surface area contributed by atoms with Crippen molar-refractivity contribution in [3.63, 3.8) is 0 Å². The van der Waals surface area contributed by atoms with E-state index < -0.39 is 0 Å². The van der Waals surface area contributed by atoms with E-state index >= 15 is 0 Å². The van der Waals surface area contributed by atoms with Gasteiger partial charge in [-0.05, 0) is 25.3 Å². The topological polar surface area (TPSA) is 68.2 Å². The molecule has 0 saturated carbocycles. The number of ether oxygens (including phenoxy) is 1. The monoisotopic (exact) mass is 278 g/mol. The van der Waals surface area contributed by atoms with Crippen LogP contribution in [0.25, 0.3) is 0 Å². The minimum absolute atomic E-state index is 0.0523. The van der Waals surface area contributed by atoms with Crippen molar-refractivity contribution in [3.05, 3.63) is 12.4 Å². The van der Waals surface area contributed by atoms with E-state index in [2.05, 4.69) is 22.7 Å². The number of carbonyl (C=O) groups excluding carboxylic acids is 1. The molecule has 20 heavy (non-hydrogen) atoms. The normalized spacial score (nSPS) is 29.8. The Morgan fingerprint density at radius 1 is 1.60 bits per heavy atom. The van der Waals surface area contributed by atoms with E-state index in [1.54, 1.807) is 6.20 Å². The van der Waals surface area contributed by atoms with Crippen molar-refractivity contribution in [2.24, 2.45) is 11.8 Å². The van der Waals surface area contributed by atoms with Gasteiger partial charge < -0.3 is 15.4 Å². The molecule has 1 aromatic rings. The third kappa shape index (κ3) is 3.02. The van der Waals surface area contributed by atoms with E-state index in [1.807, 2.05) is 10.9 Å². The molecule has 0 radical (unpaired) electrons. The highest BCUT2D eigenvalue weighted by Crippen LogP contribution is 2.19. The lowest BCUT2D eigenvalue weighted by Crippen LogP contribution is -2.27. The Kier molecular flexibility index (Phi) is 4.03. The third-order valence-corrected chi connectivity index (χ3v) is 4.17. The van der Waals surface area contributed by atoms with Crippen LogP contribution in [0.5, 0.6) is 0 Å². The highest BCUT2D eigenvalue weighted by molar-refractivity contribution is 5.92. The molecule has 110 valence electrons. The first-order valence-corrected chi connectivity index (χ1v) is 7.38. The molecule has 6 heteroatoms. The molecule has 1 amide bonds.